The van der Waals surface area contributed by atoms with Crippen molar-refractivity contribution < 1.29 is 19.4 Å². The van der Waals surface area contributed by atoms with Crippen LogP contribution in [0.2, 0.25) is 0 Å². The van der Waals surface area contributed by atoms with Crippen molar-refractivity contribution in [2.45, 2.75) is 19.3 Å². The molecule has 0 heterocycles. The van der Waals surface area contributed by atoms with E-state index in [2.05, 4.69) is 0 Å². The lowest BCUT2D eigenvalue weighted by atomic mass is 9.76. The van der Waals surface area contributed by atoms with Gasteiger partial charge in [-0.3, -0.25) is 9.59 Å². The third-order valence-corrected chi connectivity index (χ3v) is 3.47. The van der Waals surface area contributed by atoms with E-state index in [0.29, 0.717) is 16.9 Å². The van der Waals surface area contributed by atoms with E-state index < -0.39 is 17.4 Å². The molecule has 0 fully saturated rings. The second-order valence-electron chi connectivity index (χ2n) is 4.91. The van der Waals surface area contributed by atoms with Gasteiger partial charge in [0.05, 0.1) is 0 Å². The van der Waals surface area contributed by atoms with E-state index in [1.54, 1.807) is 43.3 Å². The van der Waals surface area contributed by atoms with Gasteiger partial charge in [-0.05, 0) is 30.2 Å². The first kappa shape index (κ1) is 14.8. The standard InChI is InChI=1S/C17H16O4/c1-12(18)21-15-10-8-14(9-11-15)17(2,16(19)20)13-6-4-3-5-7-13/h3-11H,1-2H3,(H,19,20). The molecule has 2 rings (SSSR count). The highest BCUT2D eigenvalue weighted by Gasteiger charge is 2.37. The van der Waals surface area contributed by atoms with Gasteiger partial charge in [-0.2, -0.15) is 0 Å². The highest BCUT2D eigenvalue weighted by atomic mass is 16.5. The molecule has 0 amide bonds. The fraction of sp³-hybridized carbons (Fsp3) is 0.176. The summed E-state index contributed by atoms with van der Waals surface area (Å²) in [5.74, 6) is -0.951. The zero-order valence-electron chi connectivity index (χ0n) is 11.9. The average Bonchev–Trinajstić information content (AvgIpc) is 2.47. The number of hydrogen-bond donors (Lipinski definition) is 1. The summed E-state index contributed by atoms with van der Waals surface area (Å²) in [6, 6.07) is 15.6. The van der Waals surface area contributed by atoms with Crippen LogP contribution in [0.3, 0.4) is 0 Å². The summed E-state index contributed by atoms with van der Waals surface area (Å²) in [4.78, 5) is 22.7. The fourth-order valence-corrected chi connectivity index (χ4v) is 2.21. The highest BCUT2D eigenvalue weighted by Crippen LogP contribution is 2.33. The normalized spacial score (nSPS) is 13.2. The van der Waals surface area contributed by atoms with E-state index in [1.165, 1.54) is 6.92 Å². The fourth-order valence-electron chi connectivity index (χ4n) is 2.21. The summed E-state index contributed by atoms with van der Waals surface area (Å²) >= 11 is 0. The Labute approximate surface area is 123 Å². The minimum absolute atomic E-state index is 0.395. The topological polar surface area (TPSA) is 63.6 Å². The number of carbonyl (C=O) groups is 2. The molecule has 1 atom stereocenters. The third kappa shape index (κ3) is 2.94. The lowest BCUT2D eigenvalue weighted by molar-refractivity contribution is -0.141. The van der Waals surface area contributed by atoms with Crippen molar-refractivity contribution in [2.24, 2.45) is 0 Å². The molecule has 4 heteroatoms. The van der Waals surface area contributed by atoms with E-state index in [4.69, 9.17) is 4.74 Å². The van der Waals surface area contributed by atoms with Crippen LogP contribution in [0, 0.1) is 0 Å². The predicted octanol–water partition coefficient (Wildman–Crippen LogP) is 3.00. The number of ether oxygens (including phenoxy) is 1. The summed E-state index contributed by atoms with van der Waals surface area (Å²) in [5, 5.41) is 9.67. The molecule has 2 aromatic carbocycles. The van der Waals surface area contributed by atoms with E-state index in [-0.39, 0.29) is 0 Å². The Bertz CT molecular complexity index is 646. The number of esters is 1. The summed E-state index contributed by atoms with van der Waals surface area (Å²) in [5.41, 5.74) is 0.158. The maximum Gasteiger partial charge on any atom is 0.318 e. The van der Waals surface area contributed by atoms with Gasteiger partial charge in [-0.15, -0.1) is 0 Å². The largest absolute Gasteiger partial charge is 0.480 e. The van der Waals surface area contributed by atoms with Crippen molar-refractivity contribution in [3.8, 4) is 5.75 Å². The van der Waals surface area contributed by atoms with Crippen molar-refractivity contribution in [1.29, 1.82) is 0 Å². The SMILES string of the molecule is CC(=O)Oc1ccc(C(C)(C(=O)O)c2ccccc2)cc1. The maximum atomic E-state index is 11.8. The highest BCUT2D eigenvalue weighted by molar-refractivity contribution is 5.85. The molecular formula is C17H16O4. The number of benzene rings is 2. The van der Waals surface area contributed by atoms with Gasteiger partial charge in [0.1, 0.15) is 11.2 Å². The molecule has 108 valence electrons. The Morgan fingerprint density at radius 2 is 1.48 bits per heavy atom. The number of aliphatic carboxylic acids is 1. The Morgan fingerprint density at radius 1 is 0.952 bits per heavy atom. The van der Waals surface area contributed by atoms with Crippen LogP contribution >= 0.6 is 0 Å². The van der Waals surface area contributed by atoms with Crippen molar-refractivity contribution in [2.75, 3.05) is 0 Å². The van der Waals surface area contributed by atoms with Crippen LogP contribution in [0.5, 0.6) is 5.75 Å². The third-order valence-electron chi connectivity index (χ3n) is 3.47. The number of carboxylic acid groups (broad SMARTS) is 1. The van der Waals surface area contributed by atoms with Crippen LogP contribution in [-0.4, -0.2) is 17.0 Å². The van der Waals surface area contributed by atoms with Gasteiger partial charge in [-0.1, -0.05) is 42.5 Å². The molecule has 0 spiro atoms. The zero-order valence-corrected chi connectivity index (χ0v) is 11.9. The zero-order chi connectivity index (χ0) is 15.5. The van der Waals surface area contributed by atoms with Gasteiger partial charge in [0, 0.05) is 6.92 Å². The lowest BCUT2D eigenvalue weighted by Crippen LogP contribution is -2.33. The molecule has 2 aromatic rings. The van der Waals surface area contributed by atoms with Gasteiger partial charge in [-0.25, -0.2) is 0 Å². The monoisotopic (exact) mass is 284 g/mol. The minimum Gasteiger partial charge on any atom is -0.480 e. The van der Waals surface area contributed by atoms with Crippen LogP contribution in [0.25, 0.3) is 0 Å². The van der Waals surface area contributed by atoms with E-state index in [9.17, 15) is 14.7 Å². The molecule has 1 unspecified atom stereocenters. The summed E-state index contributed by atoms with van der Waals surface area (Å²) in [7, 11) is 0. The quantitative estimate of drug-likeness (QED) is 0.692. The molecule has 0 bridgehead atoms. The molecule has 0 aliphatic heterocycles. The Hall–Kier alpha value is -2.62. The van der Waals surface area contributed by atoms with Crippen LogP contribution in [0.4, 0.5) is 0 Å². The molecule has 21 heavy (non-hydrogen) atoms. The Balaban J connectivity index is 2.44. The molecule has 0 aromatic heterocycles. The molecule has 0 aliphatic rings. The van der Waals surface area contributed by atoms with Gasteiger partial charge in [0.15, 0.2) is 0 Å². The van der Waals surface area contributed by atoms with Crippen LogP contribution < -0.4 is 4.74 Å². The molecule has 0 radical (unpaired) electrons. The predicted molar refractivity (Wildman–Crippen MR) is 78.3 cm³/mol. The van der Waals surface area contributed by atoms with E-state index in [1.807, 2.05) is 18.2 Å². The van der Waals surface area contributed by atoms with Crippen molar-refractivity contribution in [3.05, 3.63) is 65.7 Å². The van der Waals surface area contributed by atoms with E-state index >= 15 is 0 Å². The van der Waals surface area contributed by atoms with Gasteiger partial charge < -0.3 is 9.84 Å². The summed E-state index contributed by atoms with van der Waals surface area (Å²) < 4.78 is 4.96. The molecule has 1 N–H and O–H groups in total. The van der Waals surface area contributed by atoms with Gasteiger partial charge in [0.2, 0.25) is 0 Å². The Morgan fingerprint density at radius 3 is 1.95 bits per heavy atom. The van der Waals surface area contributed by atoms with Crippen LogP contribution in [0.1, 0.15) is 25.0 Å². The van der Waals surface area contributed by atoms with Gasteiger partial charge >= 0.3 is 11.9 Å². The maximum absolute atomic E-state index is 11.8. The second-order valence-corrected chi connectivity index (χ2v) is 4.91. The molecule has 0 saturated heterocycles. The Kier molecular flexibility index (Phi) is 4.08. The van der Waals surface area contributed by atoms with Crippen molar-refractivity contribution in [3.63, 3.8) is 0 Å². The minimum atomic E-state index is -1.16. The summed E-state index contributed by atoms with van der Waals surface area (Å²) in [6.45, 7) is 2.98. The average molecular weight is 284 g/mol. The van der Waals surface area contributed by atoms with Gasteiger partial charge in [0.25, 0.3) is 0 Å². The molecule has 4 nitrogen and oxygen atoms in total. The lowest BCUT2D eigenvalue weighted by Gasteiger charge is -2.26. The number of carbonyl (C=O) groups excluding carboxylic acids is 1. The first-order valence-electron chi connectivity index (χ1n) is 6.52. The van der Waals surface area contributed by atoms with Crippen LogP contribution in [-0.2, 0) is 15.0 Å². The molecule has 0 aliphatic carbocycles. The molecular weight excluding hydrogens is 268 g/mol. The first-order chi connectivity index (χ1) is 9.94. The number of hydrogen-bond acceptors (Lipinski definition) is 3. The van der Waals surface area contributed by atoms with Crippen molar-refractivity contribution >= 4 is 11.9 Å². The van der Waals surface area contributed by atoms with Crippen LogP contribution in [0.15, 0.2) is 54.6 Å². The van der Waals surface area contributed by atoms with E-state index in [0.717, 1.165) is 0 Å². The summed E-state index contributed by atoms with van der Waals surface area (Å²) in [6.07, 6.45) is 0. The smallest absolute Gasteiger partial charge is 0.318 e. The number of carboxylic acids is 1. The second kappa shape index (κ2) is 5.79. The molecule has 0 saturated carbocycles. The first-order valence-corrected chi connectivity index (χ1v) is 6.52. The number of rotatable bonds is 4. The van der Waals surface area contributed by atoms with Crippen molar-refractivity contribution in [1.82, 2.24) is 0 Å².